The van der Waals surface area contributed by atoms with Crippen molar-refractivity contribution < 1.29 is 18.0 Å². The highest BCUT2D eigenvalue weighted by molar-refractivity contribution is 7.99. The maximum atomic E-state index is 12.3. The normalized spacial score (nSPS) is 25.3. The van der Waals surface area contributed by atoms with Crippen LogP contribution in [0.2, 0.25) is 0 Å². The van der Waals surface area contributed by atoms with Crippen molar-refractivity contribution in [2.45, 2.75) is 25.1 Å². The highest BCUT2D eigenvalue weighted by Gasteiger charge is 2.34. The maximum absolute atomic E-state index is 12.3. The molecule has 1 amide bonds. The average Bonchev–Trinajstić information content (AvgIpc) is 2.83. The van der Waals surface area contributed by atoms with E-state index in [0.29, 0.717) is 32.5 Å². The van der Waals surface area contributed by atoms with Gasteiger partial charge in [0.2, 0.25) is 5.91 Å². The van der Waals surface area contributed by atoms with Gasteiger partial charge in [0.25, 0.3) is 0 Å². The van der Waals surface area contributed by atoms with E-state index in [2.05, 4.69) is 10.6 Å². The molecule has 0 aliphatic carbocycles. The molecule has 2 N–H and O–H groups in total. The van der Waals surface area contributed by atoms with Gasteiger partial charge in [-0.2, -0.15) is 24.9 Å². The third kappa shape index (κ3) is 9.24. The molecular formula is C13H24Cl2F3N3OS. The summed E-state index contributed by atoms with van der Waals surface area (Å²) in [5.41, 5.74) is 0. The smallest absolute Gasteiger partial charge is 0.356 e. The second kappa shape index (κ2) is 10.9. The van der Waals surface area contributed by atoms with E-state index in [0.717, 1.165) is 18.1 Å². The summed E-state index contributed by atoms with van der Waals surface area (Å²) in [6.07, 6.45) is -2.97. The number of hydrogen-bond donors (Lipinski definition) is 2. The Balaban J connectivity index is 0.00000242. The number of carbonyl (C=O) groups is 1. The standard InChI is InChI=1S/C13H22F3N3OS.2ClH/c14-13(15,16)9-19-3-1-10(7-19)6-18-12(20)5-11-8-21-4-2-17-11;;/h10-11,17H,1-9H2,(H,18,20);2*1H. The summed E-state index contributed by atoms with van der Waals surface area (Å²) in [7, 11) is 0. The Kier molecular flexibility index (Phi) is 10.9. The third-order valence-electron chi connectivity index (χ3n) is 3.79. The Labute approximate surface area is 151 Å². The highest BCUT2D eigenvalue weighted by Crippen LogP contribution is 2.22. The highest BCUT2D eigenvalue weighted by atomic mass is 35.5. The zero-order chi connectivity index (χ0) is 15.3. The Morgan fingerprint density at radius 2 is 2.09 bits per heavy atom. The second-order valence-corrected chi connectivity index (χ2v) is 6.89. The summed E-state index contributed by atoms with van der Waals surface area (Å²) in [6.45, 7) is 1.43. The number of nitrogens with zero attached hydrogens (tertiary/aromatic N) is 1. The van der Waals surface area contributed by atoms with E-state index >= 15 is 0 Å². The Morgan fingerprint density at radius 3 is 2.70 bits per heavy atom. The van der Waals surface area contributed by atoms with Crippen molar-refractivity contribution in [3.8, 4) is 0 Å². The molecule has 138 valence electrons. The molecule has 0 saturated carbocycles. The molecule has 0 spiro atoms. The summed E-state index contributed by atoms with van der Waals surface area (Å²) >= 11 is 1.84. The van der Waals surface area contributed by atoms with Crippen LogP contribution in [-0.2, 0) is 4.79 Å². The van der Waals surface area contributed by atoms with Gasteiger partial charge in [0, 0.05) is 43.6 Å². The van der Waals surface area contributed by atoms with Crippen LogP contribution >= 0.6 is 36.6 Å². The minimum atomic E-state index is -4.14. The molecule has 0 radical (unpaired) electrons. The molecular weight excluding hydrogens is 374 g/mol. The molecule has 0 aromatic heterocycles. The van der Waals surface area contributed by atoms with Crippen LogP contribution in [0.3, 0.4) is 0 Å². The van der Waals surface area contributed by atoms with Crippen molar-refractivity contribution in [3.63, 3.8) is 0 Å². The Hall–Kier alpha value is 0.110. The molecule has 0 aromatic carbocycles. The van der Waals surface area contributed by atoms with Crippen LogP contribution in [0.5, 0.6) is 0 Å². The summed E-state index contributed by atoms with van der Waals surface area (Å²) < 4.78 is 36.9. The first-order valence-corrected chi connectivity index (χ1v) is 8.45. The van der Waals surface area contributed by atoms with Crippen LogP contribution in [0.15, 0.2) is 0 Å². The van der Waals surface area contributed by atoms with Crippen molar-refractivity contribution in [2.75, 3.05) is 44.2 Å². The zero-order valence-corrected chi connectivity index (χ0v) is 15.2. The molecule has 2 unspecified atom stereocenters. The lowest BCUT2D eigenvalue weighted by molar-refractivity contribution is -0.143. The summed E-state index contributed by atoms with van der Waals surface area (Å²) in [4.78, 5) is 13.2. The fraction of sp³-hybridized carbons (Fsp3) is 0.923. The van der Waals surface area contributed by atoms with Crippen LogP contribution in [0, 0.1) is 5.92 Å². The first-order valence-electron chi connectivity index (χ1n) is 7.29. The van der Waals surface area contributed by atoms with Crippen molar-refractivity contribution >= 4 is 42.5 Å². The Morgan fingerprint density at radius 1 is 1.35 bits per heavy atom. The number of halogens is 5. The van der Waals surface area contributed by atoms with Crippen LogP contribution in [0.25, 0.3) is 0 Å². The van der Waals surface area contributed by atoms with E-state index in [1.165, 1.54) is 4.90 Å². The largest absolute Gasteiger partial charge is 0.401 e. The molecule has 2 aliphatic rings. The van der Waals surface area contributed by atoms with Gasteiger partial charge in [-0.1, -0.05) is 0 Å². The van der Waals surface area contributed by atoms with Crippen LogP contribution in [0.4, 0.5) is 13.2 Å². The molecule has 2 rings (SSSR count). The van der Waals surface area contributed by atoms with Crippen molar-refractivity contribution in [1.82, 2.24) is 15.5 Å². The number of nitrogens with one attached hydrogen (secondary N) is 2. The zero-order valence-electron chi connectivity index (χ0n) is 12.7. The number of rotatable bonds is 5. The number of hydrogen-bond acceptors (Lipinski definition) is 4. The number of alkyl halides is 3. The van der Waals surface area contributed by atoms with E-state index in [4.69, 9.17) is 0 Å². The van der Waals surface area contributed by atoms with E-state index < -0.39 is 12.7 Å². The fourth-order valence-corrected chi connectivity index (χ4v) is 3.73. The number of amides is 1. The molecule has 0 bridgehead atoms. The SMILES string of the molecule is Cl.Cl.O=C(CC1CSCCN1)NCC1CCN(CC(F)(F)F)C1. The fourth-order valence-electron chi connectivity index (χ4n) is 2.78. The topological polar surface area (TPSA) is 44.4 Å². The van der Waals surface area contributed by atoms with Gasteiger partial charge in [0.15, 0.2) is 0 Å². The minimum Gasteiger partial charge on any atom is -0.356 e. The maximum Gasteiger partial charge on any atom is 0.401 e. The number of carbonyl (C=O) groups excluding carboxylic acids is 1. The van der Waals surface area contributed by atoms with Crippen LogP contribution < -0.4 is 10.6 Å². The molecule has 23 heavy (non-hydrogen) atoms. The van der Waals surface area contributed by atoms with Gasteiger partial charge < -0.3 is 10.6 Å². The molecule has 2 saturated heterocycles. The Bertz CT molecular complexity index is 358. The molecule has 10 heteroatoms. The van der Waals surface area contributed by atoms with E-state index in [1.807, 2.05) is 11.8 Å². The van der Waals surface area contributed by atoms with Crippen LogP contribution in [-0.4, -0.2) is 67.3 Å². The molecule has 2 atom stereocenters. The first-order chi connectivity index (χ1) is 9.92. The van der Waals surface area contributed by atoms with Gasteiger partial charge >= 0.3 is 6.18 Å². The van der Waals surface area contributed by atoms with Gasteiger partial charge in [0.05, 0.1) is 6.54 Å². The van der Waals surface area contributed by atoms with Gasteiger partial charge in [-0.25, -0.2) is 0 Å². The van der Waals surface area contributed by atoms with Gasteiger partial charge in [-0.3, -0.25) is 9.69 Å². The van der Waals surface area contributed by atoms with Crippen molar-refractivity contribution in [1.29, 1.82) is 0 Å². The lowest BCUT2D eigenvalue weighted by Gasteiger charge is -2.23. The van der Waals surface area contributed by atoms with Crippen molar-refractivity contribution in [2.24, 2.45) is 5.92 Å². The predicted molar refractivity (Wildman–Crippen MR) is 91.8 cm³/mol. The quantitative estimate of drug-likeness (QED) is 0.743. The van der Waals surface area contributed by atoms with E-state index in [-0.39, 0.29) is 42.7 Å². The average molecular weight is 398 g/mol. The second-order valence-electron chi connectivity index (χ2n) is 5.74. The summed E-state index contributed by atoms with van der Waals surface area (Å²) in [5, 5.41) is 6.16. The summed E-state index contributed by atoms with van der Waals surface area (Å²) in [6, 6.07) is 0.217. The minimum absolute atomic E-state index is 0. The predicted octanol–water partition coefficient (Wildman–Crippen LogP) is 1.93. The monoisotopic (exact) mass is 397 g/mol. The number of likely N-dealkylation sites (tertiary alicyclic amines) is 1. The first kappa shape index (κ1) is 23.1. The van der Waals surface area contributed by atoms with E-state index in [1.54, 1.807) is 0 Å². The molecule has 4 nitrogen and oxygen atoms in total. The lowest BCUT2D eigenvalue weighted by atomic mass is 10.1. The van der Waals surface area contributed by atoms with Crippen molar-refractivity contribution in [3.05, 3.63) is 0 Å². The van der Waals surface area contributed by atoms with Gasteiger partial charge in [-0.15, -0.1) is 24.8 Å². The van der Waals surface area contributed by atoms with Crippen LogP contribution in [0.1, 0.15) is 12.8 Å². The molecule has 2 aliphatic heterocycles. The number of thioether (sulfide) groups is 1. The molecule has 0 aromatic rings. The molecule has 2 fully saturated rings. The summed E-state index contributed by atoms with van der Waals surface area (Å²) in [5.74, 6) is 2.14. The lowest BCUT2D eigenvalue weighted by Crippen LogP contribution is -2.42. The molecule has 2 heterocycles. The van der Waals surface area contributed by atoms with E-state index in [9.17, 15) is 18.0 Å². The third-order valence-corrected chi connectivity index (χ3v) is 4.92. The van der Waals surface area contributed by atoms with Gasteiger partial charge in [0.1, 0.15) is 0 Å². The van der Waals surface area contributed by atoms with Gasteiger partial charge in [-0.05, 0) is 18.9 Å².